The molecule has 2 N–H and O–H groups in total. The summed E-state index contributed by atoms with van der Waals surface area (Å²) in [4.78, 5) is 14.6. The number of carbonyl (C=O) groups excluding carboxylic acids is 1. The average molecular weight is 493 g/mol. The molecule has 1 amide bonds. The second kappa shape index (κ2) is 12.7. The van der Waals surface area contributed by atoms with Gasteiger partial charge in [0.2, 0.25) is 5.91 Å². The zero-order chi connectivity index (χ0) is 23.9. The Hall–Kier alpha value is -2.91. The van der Waals surface area contributed by atoms with Crippen molar-refractivity contribution >= 4 is 5.91 Å². The van der Waals surface area contributed by atoms with E-state index in [2.05, 4.69) is 5.32 Å². The molecule has 2 aromatic carbocycles. The number of likely N-dealkylation sites (tertiary alicyclic amines) is 1. The third-order valence-corrected chi connectivity index (χ3v) is 5.94. The minimum atomic E-state index is -1.01. The predicted molar refractivity (Wildman–Crippen MR) is 128 cm³/mol. The second-order valence-electron chi connectivity index (χ2n) is 8.57. The maximum absolute atomic E-state index is 13.7. The number of amides is 1. The van der Waals surface area contributed by atoms with Gasteiger partial charge in [-0.3, -0.25) is 9.69 Å². The molecule has 0 radical (unpaired) electrons. The molecule has 192 valence electrons. The van der Waals surface area contributed by atoms with E-state index in [1.807, 2.05) is 4.90 Å². The molecule has 7 nitrogen and oxygen atoms in total. The lowest BCUT2D eigenvalue weighted by Gasteiger charge is -2.29. The topological polar surface area (TPSA) is 80.3 Å². The summed E-state index contributed by atoms with van der Waals surface area (Å²) in [6.07, 6.45) is -0.814. The van der Waals surface area contributed by atoms with Gasteiger partial charge in [0.05, 0.1) is 12.6 Å². The summed E-state index contributed by atoms with van der Waals surface area (Å²) < 4.78 is 43.4. The van der Waals surface area contributed by atoms with Gasteiger partial charge in [0, 0.05) is 26.1 Å². The fourth-order valence-corrected chi connectivity index (χ4v) is 4.16. The van der Waals surface area contributed by atoms with Crippen molar-refractivity contribution in [2.75, 3.05) is 39.5 Å². The molecular formula is C26H34F2N2O5. The average Bonchev–Trinajstić information content (AvgIpc) is 3.26. The molecule has 3 atom stereocenters. The third-order valence-electron chi connectivity index (χ3n) is 5.94. The van der Waals surface area contributed by atoms with Crippen LogP contribution in [-0.2, 0) is 4.79 Å². The molecule has 1 saturated heterocycles. The Kier molecular flexibility index (Phi) is 9.68. The third kappa shape index (κ3) is 7.53. The number of fused-ring (bicyclic) bond motifs is 1. The molecule has 2 heterocycles. The maximum Gasteiger partial charge on any atom is 0.220 e. The van der Waals surface area contributed by atoms with Gasteiger partial charge in [0.1, 0.15) is 37.1 Å². The SMILES string of the molecule is C.O=C(CCCOc1ccc(F)cc1)N[C@H](CN1CC[C@@H](F)C1)[C@H](O)c1ccc2c(c1)OCCO2. The van der Waals surface area contributed by atoms with Crippen molar-refractivity contribution in [3.63, 3.8) is 0 Å². The molecule has 0 unspecified atom stereocenters. The van der Waals surface area contributed by atoms with Crippen LogP contribution in [0.3, 0.4) is 0 Å². The fourth-order valence-electron chi connectivity index (χ4n) is 4.16. The van der Waals surface area contributed by atoms with Crippen LogP contribution in [0.4, 0.5) is 8.78 Å². The van der Waals surface area contributed by atoms with Crippen LogP contribution < -0.4 is 19.5 Å². The number of nitrogens with one attached hydrogen (secondary N) is 1. The second-order valence-corrected chi connectivity index (χ2v) is 8.57. The van der Waals surface area contributed by atoms with Gasteiger partial charge in [0.25, 0.3) is 0 Å². The van der Waals surface area contributed by atoms with E-state index in [0.717, 1.165) is 0 Å². The van der Waals surface area contributed by atoms with Crippen LogP contribution in [0.1, 0.15) is 38.4 Å². The van der Waals surface area contributed by atoms with Crippen molar-refractivity contribution in [2.45, 2.75) is 45.0 Å². The van der Waals surface area contributed by atoms with Crippen LogP contribution >= 0.6 is 0 Å². The van der Waals surface area contributed by atoms with E-state index >= 15 is 0 Å². The Morgan fingerprint density at radius 1 is 1.17 bits per heavy atom. The first-order valence-electron chi connectivity index (χ1n) is 11.6. The van der Waals surface area contributed by atoms with Gasteiger partial charge in [-0.25, -0.2) is 8.78 Å². The van der Waals surface area contributed by atoms with Crippen LogP contribution in [0.2, 0.25) is 0 Å². The summed E-state index contributed by atoms with van der Waals surface area (Å²) in [6.45, 7) is 2.38. The van der Waals surface area contributed by atoms with E-state index in [9.17, 15) is 18.7 Å². The molecule has 0 aromatic heterocycles. The van der Waals surface area contributed by atoms with Crippen LogP contribution in [0.25, 0.3) is 0 Å². The summed E-state index contributed by atoms with van der Waals surface area (Å²) in [5.41, 5.74) is 0.588. The number of aliphatic hydroxyl groups is 1. The van der Waals surface area contributed by atoms with Crippen LogP contribution in [0.5, 0.6) is 17.2 Å². The van der Waals surface area contributed by atoms with Crippen molar-refractivity contribution in [1.82, 2.24) is 10.2 Å². The van der Waals surface area contributed by atoms with E-state index < -0.39 is 18.3 Å². The summed E-state index contributed by atoms with van der Waals surface area (Å²) in [7, 11) is 0. The molecule has 1 fully saturated rings. The summed E-state index contributed by atoms with van der Waals surface area (Å²) in [6, 6.07) is 10.3. The summed E-state index contributed by atoms with van der Waals surface area (Å²) >= 11 is 0. The number of hydrogen-bond donors (Lipinski definition) is 2. The van der Waals surface area contributed by atoms with E-state index in [1.54, 1.807) is 18.2 Å². The normalized spacial score (nSPS) is 18.9. The van der Waals surface area contributed by atoms with Gasteiger partial charge in [-0.2, -0.15) is 0 Å². The molecule has 9 heteroatoms. The monoisotopic (exact) mass is 492 g/mol. The van der Waals surface area contributed by atoms with Gasteiger partial charge < -0.3 is 24.6 Å². The number of rotatable bonds is 10. The standard InChI is InChI=1S/C25H30F2N2O5.CH4/c26-18-4-6-20(7-5-18)32-11-1-2-24(30)28-21(16-29-10-9-19(27)15-29)25(31)17-3-8-22-23(14-17)34-13-12-33-22;/h3-8,14,19,21,25,31H,1-2,9-13,15-16H2,(H,28,30);1H4/t19-,21-,25-;/m1./s1. The Bertz CT molecular complexity index is 959. The van der Waals surface area contributed by atoms with E-state index in [4.69, 9.17) is 14.2 Å². The molecule has 2 aliphatic rings. The van der Waals surface area contributed by atoms with Crippen molar-refractivity contribution in [1.29, 1.82) is 0 Å². The minimum absolute atomic E-state index is 0. The lowest BCUT2D eigenvalue weighted by molar-refractivity contribution is -0.123. The number of ether oxygens (including phenoxy) is 3. The zero-order valence-electron chi connectivity index (χ0n) is 18.9. The first kappa shape index (κ1) is 26.7. The van der Waals surface area contributed by atoms with Crippen LogP contribution in [-0.4, -0.2) is 67.6 Å². The largest absolute Gasteiger partial charge is 0.494 e. The number of halogens is 2. The quantitative estimate of drug-likeness (QED) is 0.493. The highest BCUT2D eigenvalue weighted by molar-refractivity contribution is 5.76. The van der Waals surface area contributed by atoms with Gasteiger partial charge >= 0.3 is 0 Å². The lowest BCUT2D eigenvalue weighted by atomic mass is 10.0. The summed E-state index contributed by atoms with van der Waals surface area (Å²) in [5.74, 6) is 1.12. The van der Waals surface area contributed by atoms with Crippen molar-refractivity contribution < 1.29 is 32.9 Å². The highest BCUT2D eigenvalue weighted by Crippen LogP contribution is 2.33. The Labute approximate surface area is 205 Å². The first-order chi connectivity index (χ1) is 16.5. The lowest BCUT2D eigenvalue weighted by Crippen LogP contribution is -2.47. The Morgan fingerprint density at radius 3 is 2.63 bits per heavy atom. The Balaban J connectivity index is 0.00000342. The molecule has 0 spiro atoms. The Morgan fingerprint density at radius 2 is 1.91 bits per heavy atom. The molecular weight excluding hydrogens is 458 g/mol. The van der Waals surface area contributed by atoms with Gasteiger partial charge in [0.15, 0.2) is 11.5 Å². The highest BCUT2D eigenvalue weighted by Gasteiger charge is 2.30. The van der Waals surface area contributed by atoms with E-state index in [-0.39, 0.29) is 32.1 Å². The highest BCUT2D eigenvalue weighted by atomic mass is 19.1. The minimum Gasteiger partial charge on any atom is -0.494 e. The molecule has 0 aliphatic carbocycles. The molecule has 2 aliphatic heterocycles. The van der Waals surface area contributed by atoms with Crippen molar-refractivity contribution in [3.05, 3.63) is 53.8 Å². The van der Waals surface area contributed by atoms with Gasteiger partial charge in [-0.05, 0) is 54.8 Å². The predicted octanol–water partition coefficient (Wildman–Crippen LogP) is 3.65. The molecule has 4 rings (SSSR count). The summed E-state index contributed by atoms with van der Waals surface area (Å²) in [5, 5.41) is 14.0. The smallest absolute Gasteiger partial charge is 0.220 e. The van der Waals surface area contributed by atoms with Crippen LogP contribution in [0, 0.1) is 5.82 Å². The number of carbonyl (C=O) groups is 1. The number of benzene rings is 2. The number of alkyl halides is 1. The number of aliphatic hydroxyl groups excluding tert-OH is 1. The zero-order valence-corrected chi connectivity index (χ0v) is 18.9. The van der Waals surface area contributed by atoms with E-state index in [1.165, 1.54) is 24.3 Å². The van der Waals surface area contributed by atoms with E-state index in [0.29, 0.717) is 68.6 Å². The number of hydrogen-bond acceptors (Lipinski definition) is 6. The first-order valence-corrected chi connectivity index (χ1v) is 11.6. The molecule has 0 saturated carbocycles. The van der Waals surface area contributed by atoms with Crippen molar-refractivity contribution in [3.8, 4) is 17.2 Å². The maximum atomic E-state index is 13.7. The van der Waals surface area contributed by atoms with Gasteiger partial charge in [-0.1, -0.05) is 13.5 Å². The molecule has 2 aromatic rings. The molecule has 0 bridgehead atoms. The molecule has 35 heavy (non-hydrogen) atoms. The van der Waals surface area contributed by atoms with Crippen molar-refractivity contribution in [2.24, 2.45) is 0 Å². The number of nitrogens with zero attached hydrogens (tertiary/aromatic N) is 1. The fraction of sp³-hybridized carbons (Fsp3) is 0.500. The van der Waals surface area contributed by atoms with Gasteiger partial charge in [-0.15, -0.1) is 0 Å². The van der Waals surface area contributed by atoms with Crippen LogP contribution in [0.15, 0.2) is 42.5 Å².